The first kappa shape index (κ1) is 11.7. The van der Waals surface area contributed by atoms with Crippen LogP contribution in [0, 0.1) is 0 Å². The first-order valence-corrected chi connectivity index (χ1v) is 8.06. The number of hydrogen-bond donors (Lipinski definition) is 0. The monoisotopic (exact) mass is 273 g/mol. The molecule has 3 heterocycles. The lowest BCUT2D eigenvalue weighted by molar-refractivity contribution is 0.268. The van der Waals surface area contributed by atoms with Crippen LogP contribution in [0.25, 0.3) is 10.2 Å². The summed E-state index contributed by atoms with van der Waals surface area (Å²) in [6.45, 7) is 4.82. The molecule has 3 nitrogen and oxygen atoms in total. The predicted octanol–water partition coefficient (Wildman–Crippen LogP) is 2.97. The summed E-state index contributed by atoms with van der Waals surface area (Å²) in [5, 5.41) is 1.21. The van der Waals surface area contributed by atoms with Gasteiger partial charge in [0.05, 0.1) is 10.2 Å². The van der Waals surface area contributed by atoms with Gasteiger partial charge in [0.15, 0.2) is 5.13 Å². The molecule has 2 saturated heterocycles. The molecule has 1 unspecified atom stereocenters. The third-order valence-electron chi connectivity index (χ3n) is 4.44. The van der Waals surface area contributed by atoms with Crippen LogP contribution < -0.4 is 4.90 Å². The van der Waals surface area contributed by atoms with Gasteiger partial charge in [-0.1, -0.05) is 23.5 Å². The molecule has 19 heavy (non-hydrogen) atoms. The summed E-state index contributed by atoms with van der Waals surface area (Å²) in [6.07, 6.45) is 4.09. The normalized spacial score (nSPS) is 24.6. The van der Waals surface area contributed by atoms with Crippen molar-refractivity contribution in [2.75, 3.05) is 31.1 Å². The smallest absolute Gasteiger partial charge is 0.186 e. The number of rotatable bonds is 1. The number of anilines is 1. The number of para-hydroxylation sites is 1. The Morgan fingerprint density at radius 1 is 1.05 bits per heavy atom. The van der Waals surface area contributed by atoms with Gasteiger partial charge in [0.2, 0.25) is 0 Å². The molecule has 100 valence electrons. The molecule has 2 fully saturated rings. The molecular formula is C15H19N3S. The van der Waals surface area contributed by atoms with Gasteiger partial charge in [-0.25, -0.2) is 4.98 Å². The maximum atomic E-state index is 4.80. The van der Waals surface area contributed by atoms with E-state index in [-0.39, 0.29) is 0 Å². The minimum Gasteiger partial charge on any atom is -0.347 e. The van der Waals surface area contributed by atoms with Gasteiger partial charge >= 0.3 is 0 Å². The number of fused-ring (bicyclic) bond motifs is 2. The molecule has 2 aliphatic heterocycles. The average molecular weight is 273 g/mol. The summed E-state index contributed by atoms with van der Waals surface area (Å²) in [4.78, 5) is 9.96. The van der Waals surface area contributed by atoms with Crippen molar-refractivity contribution in [2.24, 2.45) is 0 Å². The second kappa shape index (κ2) is 4.76. The standard InChI is InChI=1S/C15H19N3S/c1-2-6-14-13(5-1)16-15(19-14)18-9-7-12-4-3-8-17(12)10-11-18/h1-2,5-6,12H,3-4,7-11H2. The van der Waals surface area contributed by atoms with Crippen LogP contribution >= 0.6 is 11.3 Å². The van der Waals surface area contributed by atoms with E-state index in [9.17, 15) is 0 Å². The van der Waals surface area contributed by atoms with Crippen molar-refractivity contribution in [3.05, 3.63) is 24.3 Å². The Hall–Kier alpha value is -1.13. The number of benzene rings is 1. The SMILES string of the molecule is c1ccc2sc(N3CCC4CCCN4CC3)nc2c1. The van der Waals surface area contributed by atoms with E-state index in [1.807, 2.05) is 11.3 Å². The Morgan fingerprint density at radius 2 is 2.00 bits per heavy atom. The van der Waals surface area contributed by atoms with Crippen molar-refractivity contribution in [2.45, 2.75) is 25.3 Å². The molecule has 1 atom stereocenters. The summed E-state index contributed by atoms with van der Waals surface area (Å²) in [5.41, 5.74) is 1.15. The highest BCUT2D eigenvalue weighted by molar-refractivity contribution is 7.22. The van der Waals surface area contributed by atoms with E-state index in [2.05, 4.69) is 34.1 Å². The van der Waals surface area contributed by atoms with E-state index in [0.717, 1.165) is 18.1 Å². The quantitative estimate of drug-likeness (QED) is 0.796. The van der Waals surface area contributed by atoms with E-state index in [0.29, 0.717) is 0 Å². The Balaban J connectivity index is 1.58. The fourth-order valence-electron chi connectivity index (χ4n) is 3.37. The van der Waals surface area contributed by atoms with E-state index >= 15 is 0 Å². The van der Waals surface area contributed by atoms with E-state index in [1.165, 1.54) is 48.7 Å². The second-order valence-electron chi connectivity index (χ2n) is 5.57. The highest BCUT2D eigenvalue weighted by Crippen LogP contribution is 2.31. The molecule has 0 bridgehead atoms. The lowest BCUT2D eigenvalue weighted by Gasteiger charge is -2.20. The molecule has 0 radical (unpaired) electrons. The van der Waals surface area contributed by atoms with Crippen LogP contribution in [0.4, 0.5) is 5.13 Å². The van der Waals surface area contributed by atoms with Crippen LogP contribution in [0.1, 0.15) is 19.3 Å². The minimum absolute atomic E-state index is 0.833. The highest BCUT2D eigenvalue weighted by Gasteiger charge is 2.28. The Labute approximate surface area is 117 Å². The van der Waals surface area contributed by atoms with Crippen LogP contribution in [0.5, 0.6) is 0 Å². The molecule has 0 aliphatic carbocycles. The molecular weight excluding hydrogens is 254 g/mol. The molecule has 0 N–H and O–H groups in total. The second-order valence-corrected chi connectivity index (χ2v) is 6.58. The van der Waals surface area contributed by atoms with Crippen LogP contribution in [-0.2, 0) is 0 Å². The van der Waals surface area contributed by atoms with Gasteiger partial charge in [-0.2, -0.15) is 0 Å². The van der Waals surface area contributed by atoms with E-state index < -0.39 is 0 Å². The van der Waals surface area contributed by atoms with Gasteiger partial charge in [-0.3, -0.25) is 4.90 Å². The van der Waals surface area contributed by atoms with Gasteiger partial charge in [-0.05, 0) is 37.9 Å². The van der Waals surface area contributed by atoms with Gasteiger partial charge in [0.25, 0.3) is 0 Å². The Bertz CT molecular complexity index is 533. The zero-order valence-corrected chi connectivity index (χ0v) is 11.9. The molecule has 4 heteroatoms. The average Bonchev–Trinajstić information content (AvgIpc) is 3.01. The first-order valence-electron chi connectivity index (χ1n) is 7.25. The van der Waals surface area contributed by atoms with Gasteiger partial charge in [0.1, 0.15) is 0 Å². The topological polar surface area (TPSA) is 19.4 Å². The van der Waals surface area contributed by atoms with Crippen LogP contribution in [0.2, 0.25) is 0 Å². The zero-order valence-electron chi connectivity index (χ0n) is 11.1. The van der Waals surface area contributed by atoms with Crippen molar-refractivity contribution < 1.29 is 0 Å². The van der Waals surface area contributed by atoms with Crippen molar-refractivity contribution in [1.29, 1.82) is 0 Å². The highest BCUT2D eigenvalue weighted by atomic mass is 32.1. The largest absolute Gasteiger partial charge is 0.347 e. The summed E-state index contributed by atoms with van der Waals surface area (Å²) in [6, 6.07) is 9.30. The first-order chi connectivity index (χ1) is 9.40. The minimum atomic E-state index is 0.833. The maximum Gasteiger partial charge on any atom is 0.186 e. The predicted molar refractivity (Wildman–Crippen MR) is 81.0 cm³/mol. The molecule has 1 aromatic carbocycles. The summed E-state index contributed by atoms with van der Waals surface area (Å²) in [7, 11) is 0. The summed E-state index contributed by atoms with van der Waals surface area (Å²) in [5.74, 6) is 0. The van der Waals surface area contributed by atoms with Crippen molar-refractivity contribution in [3.63, 3.8) is 0 Å². The van der Waals surface area contributed by atoms with Crippen LogP contribution in [-0.4, -0.2) is 42.1 Å². The molecule has 0 saturated carbocycles. The van der Waals surface area contributed by atoms with Crippen LogP contribution in [0.15, 0.2) is 24.3 Å². The lowest BCUT2D eigenvalue weighted by Crippen LogP contribution is -2.31. The fourth-order valence-corrected chi connectivity index (χ4v) is 4.39. The van der Waals surface area contributed by atoms with Gasteiger partial charge in [-0.15, -0.1) is 0 Å². The Kier molecular flexibility index (Phi) is 2.93. The van der Waals surface area contributed by atoms with Crippen LogP contribution in [0.3, 0.4) is 0 Å². The van der Waals surface area contributed by atoms with E-state index in [1.54, 1.807) is 0 Å². The Morgan fingerprint density at radius 3 is 2.95 bits per heavy atom. The maximum absolute atomic E-state index is 4.80. The summed E-state index contributed by atoms with van der Waals surface area (Å²) < 4.78 is 1.31. The zero-order chi connectivity index (χ0) is 12.7. The third-order valence-corrected chi connectivity index (χ3v) is 5.54. The number of hydrogen-bond acceptors (Lipinski definition) is 4. The molecule has 2 aromatic rings. The number of nitrogens with zero attached hydrogens (tertiary/aromatic N) is 3. The molecule has 0 spiro atoms. The van der Waals surface area contributed by atoms with E-state index in [4.69, 9.17) is 4.98 Å². The number of thiazole rings is 1. The fraction of sp³-hybridized carbons (Fsp3) is 0.533. The van der Waals surface area contributed by atoms with Gasteiger partial charge in [0, 0.05) is 25.7 Å². The lowest BCUT2D eigenvalue weighted by atomic mass is 10.1. The molecule has 4 rings (SSSR count). The van der Waals surface area contributed by atoms with Gasteiger partial charge < -0.3 is 4.90 Å². The summed E-state index contributed by atoms with van der Waals surface area (Å²) >= 11 is 1.84. The molecule has 2 aliphatic rings. The van der Waals surface area contributed by atoms with Crippen molar-refractivity contribution in [1.82, 2.24) is 9.88 Å². The van der Waals surface area contributed by atoms with Crippen molar-refractivity contribution >= 4 is 26.7 Å². The molecule has 0 amide bonds. The molecule has 1 aromatic heterocycles. The third kappa shape index (κ3) is 2.13. The number of aromatic nitrogens is 1. The van der Waals surface area contributed by atoms with Crippen molar-refractivity contribution in [3.8, 4) is 0 Å².